The maximum Gasteiger partial charge on any atom is 0.100 e. The molecule has 15 aromatic carbocycles. The Morgan fingerprint density at radius 1 is 0.219 bits per heavy atom. The van der Waals surface area contributed by atoms with Gasteiger partial charge in [0.1, 0.15) is 6.07 Å². The summed E-state index contributed by atoms with van der Waals surface area (Å²) in [6.07, 6.45) is 0. The molecule has 5 aromatic heterocycles. The second-order valence-corrected chi connectivity index (χ2v) is 27.9. The van der Waals surface area contributed by atoms with Gasteiger partial charge in [-0.05, 0) is 193 Å². The molecule has 0 radical (unpaired) electrons. The van der Waals surface area contributed by atoms with E-state index in [1.54, 1.807) is 0 Å². The maximum absolute atomic E-state index is 13.0. The van der Waals surface area contributed by atoms with Crippen molar-refractivity contribution in [3.8, 4) is 107 Å². The molecule has 6 nitrogen and oxygen atoms in total. The summed E-state index contributed by atoms with van der Waals surface area (Å²) in [5, 5.41) is 22.6. The monoisotopic (exact) mass is 1340 g/mol. The number of benzene rings is 15. The van der Waals surface area contributed by atoms with Crippen molar-refractivity contribution in [2.75, 3.05) is 0 Å². The van der Waals surface area contributed by atoms with E-state index in [2.05, 4.69) is 391 Å². The molecule has 0 fully saturated rings. The molecule has 0 saturated heterocycles. The van der Waals surface area contributed by atoms with Gasteiger partial charge in [-0.15, -0.1) is 0 Å². The van der Waals surface area contributed by atoms with Gasteiger partial charge in [0.15, 0.2) is 0 Å². The number of hydrogen-bond donors (Lipinski definition) is 0. The molecule has 0 atom stereocenters. The van der Waals surface area contributed by atoms with E-state index in [4.69, 9.17) is 4.98 Å². The number of pyridine rings is 1. The molecule has 5 heterocycles. The lowest BCUT2D eigenvalue weighted by Crippen LogP contribution is -2.04. The average Bonchev–Trinajstić information content (AvgIpc) is 1.64. The lowest BCUT2D eigenvalue weighted by molar-refractivity contribution is 1.18. The highest BCUT2D eigenvalue weighted by atomic mass is 15.0. The summed E-state index contributed by atoms with van der Waals surface area (Å²) >= 11 is 0. The summed E-state index contributed by atoms with van der Waals surface area (Å²) in [5.41, 5.74) is 29.9. The zero-order chi connectivity index (χ0) is 70.0. The van der Waals surface area contributed by atoms with Crippen molar-refractivity contribution < 1.29 is 0 Å². The Morgan fingerprint density at radius 2 is 0.514 bits per heavy atom. The minimum absolute atomic E-state index is 0.544. The van der Waals surface area contributed by atoms with Gasteiger partial charge in [0.25, 0.3) is 0 Å². The number of rotatable bonds is 11. The summed E-state index contributed by atoms with van der Waals surface area (Å²) in [6, 6.07) is 129. The Kier molecular flexibility index (Phi) is 14.2. The third-order valence-corrected chi connectivity index (χ3v) is 21.6. The first-order chi connectivity index (χ1) is 51.8. The third-order valence-electron chi connectivity index (χ3n) is 21.6. The lowest BCUT2D eigenvalue weighted by Gasteiger charge is -2.27. The van der Waals surface area contributed by atoms with Crippen LogP contribution in [0, 0.1) is 32.1 Å². The van der Waals surface area contributed by atoms with Gasteiger partial charge in [0.05, 0.1) is 61.1 Å². The van der Waals surface area contributed by atoms with Crippen LogP contribution < -0.4 is 0 Å². The highest BCUT2D eigenvalue weighted by molar-refractivity contribution is 6.15. The van der Waals surface area contributed by atoms with Crippen molar-refractivity contribution >= 4 is 87.2 Å². The van der Waals surface area contributed by atoms with Crippen LogP contribution in [0.15, 0.2) is 346 Å². The standard InChI is InChI=1S/C99H66N6/c1-62-37-52-92-81(55-62)78-29-12-17-34-89(78)102(92)72-46-40-67(41-47-72)95-84(61-100)96(68-42-48-73(49-43-68)103-90-35-18-13-30-79(90)82-56-63(2)38-53-93(82)103)99(71-59-85(65-21-6-4-7-22-65)101-86(60-71)66-23-8-5-9-24-66)97(69-44-50-74(51-45-69)104-91-36-19-14-31-80(91)83-57-64(3)39-54-94(83)104)98(95)70-25-20-26-75(58-70)105-87-32-15-10-27-76(87)77-28-11-16-33-88(77)105/h4-60H,1-3H3. The first kappa shape index (κ1) is 61.0. The number of nitriles is 1. The Hall–Kier alpha value is -13.9. The van der Waals surface area contributed by atoms with Gasteiger partial charge in [-0.25, -0.2) is 4.98 Å². The normalized spacial score (nSPS) is 11.8. The topological polar surface area (TPSA) is 56.4 Å². The zero-order valence-corrected chi connectivity index (χ0v) is 58.1. The smallest absolute Gasteiger partial charge is 0.100 e. The second kappa shape index (κ2) is 24.5. The Labute approximate surface area is 607 Å². The molecule has 0 aliphatic carbocycles. The van der Waals surface area contributed by atoms with Gasteiger partial charge < -0.3 is 18.3 Å². The van der Waals surface area contributed by atoms with E-state index in [-0.39, 0.29) is 0 Å². The van der Waals surface area contributed by atoms with Crippen LogP contribution in [0.5, 0.6) is 0 Å². The predicted octanol–water partition coefficient (Wildman–Crippen LogP) is 25.9. The summed E-state index contributed by atoms with van der Waals surface area (Å²) in [5.74, 6) is 0. The van der Waals surface area contributed by atoms with Crippen molar-refractivity contribution in [1.82, 2.24) is 23.3 Å². The average molecular weight is 1340 g/mol. The summed E-state index contributed by atoms with van der Waals surface area (Å²) in [4.78, 5) is 5.57. The van der Waals surface area contributed by atoms with E-state index < -0.39 is 0 Å². The van der Waals surface area contributed by atoms with Crippen molar-refractivity contribution in [2.24, 2.45) is 0 Å². The van der Waals surface area contributed by atoms with Gasteiger partial charge in [0, 0.05) is 88.1 Å². The van der Waals surface area contributed by atoms with E-state index in [1.807, 2.05) is 0 Å². The largest absolute Gasteiger partial charge is 0.309 e. The van der Waals surface area contributed by atoms with Crippen molar-refractivity contribution in [2.45, 2.75) is 20.8 Å². The van der Waals surface area contributed by atoms with Gasteiger partial charge in [-0.1, -0.05) is 235 Å². The fraction of sp³-hybridized carbons (Fsp3) is 0.0303. The van der Waals surface area contributed by atoms with Crippen molar-refractivity contribution in [3.05, 3.63) is 368 Å². The van der Waals surface area contributed by atoms with Crippen LogP contribution in [0.1, 0.15) is 22.3 Å². The zero-order valence-electron chi connectivity index (χ0n) is 58.1. The number of aromatic nitrogens is 5. The number of fused-ring (bicyclic) bond motifs is 12. The van der Waals surface area contributed by atoms with Gasteiger partial charge in [-0.3, -0.25) is 0 Å². The van der Waals surface area contributed by atoms with Crippen LogP contribution in [0.2, 0.25) is 0 Å². The molecule has 20 rings (SSSR count). The number of para-hydroxylation sites is 5. The van der Waals surface area contributed by atoms with Crippen LogP contribution >= 0.6 is 0 Å². The molecule has 0 saturated carbocycles. The van der Waals surface area contributed by atoms with E-state index in [0.29, 0.717) is 5.56 Å². The highest BCUT2D eigenvalue weighted by Crippen LogP contribution is 2.55. The molecule has 20 aromatic rings. The Bertz CT molecular complexity index is 6850. The predicted molar refractivity (Wildman–Crippen MR) is 439 cm³/mol. The van der Waals surface area contributed by atoms with E-state index in [0.717, 1.165) is 145 Å². The first-order valence-electron chi connectivity index (χ1n) is 36.0. The molecule has 0 aliphatic rings. The van der Waals surface area contributed by atoms with Gasteiger partial charge >= 0.3 is 0 Å². The molecule has 0 amide bonds. The maximum atomic E-state index is 13.0. The fourth-order valence-corrected chi connectivity index (χ4v) is 16.9. The Balaban J connectivity index is 0.938. The summed E-state index contributed by atoms with van der Waals surface area (Å²) in [6.45, 7) is 6.50. The molecule has 0 aliphatic heterocycles. The van der Waals surface area contributed by atoms with Gasteiger partial charge in [-0.2, -0.15) is 5.26 Å². The minimum atomic E-state index is 0.544. The molecule has 492 valence electrons. The summed E-state index contributed by atoms with van der Waals surface area (Å²) in [7, 11) is 0. The first-order valence-corrected chi connectivity index (χ1v) is 36.0. The molecule has 105 heavy (non-hydrogen) atoms. The lowest BCUT2D eigenvalue weighted by atomic mass is 9.75. The molecule has 0 spiro atoms. The second-order valence-electron chi connectivity index (χ2n) is 27.9. The van der Waals surface area contributed by atoms with Crippen molar-refractivity contribution in [1.29, 1.82) is 5.26 Å². The fourth-order valence-electron chi connectivity index (χ4n) is 16.9. The molecule has 0 unspecified atom stereocenters. The van der Waals surface area contributed by atoms with Crippen LogP contribution in [0.25, 0.3) is 188 Å². The van der Waals surface area contributed by atoms with Gasteiger partial charge in [0.2, 0.25) is 0 Å². The molecule has 6 heteroatoms. The van der Waals surface area contributed by atoms with Crippen LogP contribution in [0.4, 0.5) is 0 Å². The molecular formula is C99H66N6. The minimum Gasteiger partial charge on any atom is -0.309 e. The SMILES string of the molecule is Cc1ccc2c(c1)c1ccccc1n2-c1ccc(-c2c(C#N)c(-c3ccc(-n4c5ccccc5c5cc(C)ccc54)cc3)c(-c3cc(-c4ccccc4)nc(-c4ccccc4)c3)c(-c3ccc(-n4c5ccccc5c5cc(C)ccc54)cc3)c2-c2cccc(-n3c4ccccc4c4ccccc43)c2)cc1. The number of nitrogens with zero attached hydrogens (tertiary/aromatic N) is 6. The van der Waals surface area contributed by atoms with Crippen LogP contribution in [-0.4, -0.2) is 23.3 Å². The Morgan fingerprint density at radius 3 is 0.886 bits per heavy atom. The highest BCUT2D eigenvalue weighted by Gasteiger charge is 2.31. The summed E-state index contributed by atoms with van der Waals surface area (Å²) < 4.78 is 9.57. The third kappa shape index (κ3) is 9.89. The molecule has 0 bridgehead atoms. The van der Waals surface area contributed by atoms with E-state index in [9.17, 15) is 5.26 Å². The quantitative estimate of drug-likeness (QED) is 0.130. The van der Waals surface area contributed by atoms with Crippen LogP contribution in [0.3, 0.4) is 0 Å². The van der Waals surface area contributed by atoms with Crippen molar-refractivity contribution in [3.63, 3.8) is 0 Å². The molecular weight excluding hydrogens is 1270 g/mol. The van der Waals surface area contributed by atoms with E-state index in [1.165, 1.54) is 59.8 Å². The van der Waals surface area contributed by atoms with Crippen LogP contribution in [-0.2, 0) is 0 Å². The van der Waals surface area contributed by atoms with E-state index >= 15 is 0 Å². The number of aryl methyl sites for hydroxylation is 3. The molecule has 0 N–H and O–H groups in total. The number of hydrogen-bond acceptors (Lipinski definition) is 2.